The van der Waals surface area contributed by atoms with Gasteiger partial charge in [-0.3, -0.25) is 4.79 Å². The van der Waals surface area contributed by atoms with E-state index in [4.69, 9.17) is 23.2 Å². The highest BCUT2D eigenvalue weighted by molar-refractivity contribution is 8.01. The topological polar surface area (TPSA) is 29.1 Å². The van der Waals surface area contributed by atoms with E-state index < -0.39 is 27.7 Å². The lowest BCUT2D eigenvalue weighted by Crippen LogP contribution is -2.27. The predicted molar refractivity (Wildman–Crippen MR) is 65.2 cm³/mol. The number of carbonyl (C=O) groups is 1. The number of nitrogens with one attached hydrogen (secondary N) is 1. The fraction of sp³-hybridized carbons (Fsp3) is 0.300. The number of halogens is 5. The Hall–Kier alpha value is -0.590. The fourth-order valence-electron chi connectivity index (χ4n) is 1.41. The highest BCUT2D eigenvalue weighted by Gasteiger charge is 2.34. The lowest BCUT2D eigenvalue weighted by Gasteiger charge is -2.11. The van der Waals surface area contributed by atoms with E-state index in [1.165, 1.54) is 6.07 Å². The number of anilines is 1. The molecule has 0 fully saturated rings. The number of thioether (sulfide) groups is 1. The van der Waals surface area contributed by atoms with E-state index in [1.54, 1.807) is 0 Å². The molecule has 0 spiro atoms. The molecule has 1 N–H and O–H groups in total. The minimum Gasteiger partial charge on any atom is -0.324 e. The van der Waals surface area contributed by atoms with Gasteiger partial charge in [0.2, 0.25) is 5.91 Å². The maximum absolute atomic E-state index is 12.5. The van der Waals surface area contributed by atoms with Gasteiger partial charge in [0.25, 0.3) is 0 Å². The maximum Gasteiger partial charge on any atom is 0.416 e. The Morgan fingerprint density at radius 3 is 2.56 bits per heavy atom. The zero-order valence-corrected chi connectivity index (χ0v) is 10.9. The Kier molecular flexibility index (Phi) is 3.71. The number of carbonyl (C=O) groups excluding carboxylic acids is 1. The second kappa shape index (κ2) is 4.83. The van der Waals surface area contributed by atoms with Gasteiger partial charge >= 0.3 is 6.18 Å². The van der Waals surface area contributed by atoms with E-state index in [1.807, 2.05) is 0 Å². The number of alkyl halides is 5. The van der Waals surface area contributed by atoms with Crippen molar-refractivity contribution < 1.29 is 18.0 Å². The Balaban J connectivity index is 2.43. The summed E-state index contributed by atoms with van der Waals surface area (Å²) in [6, 6.07) is 3.09. The van der Waals surface area contributed by atoms with Gasteiger partial charge in [0.05, 0.1) is 11.3 Å². The largest absolute Gasteiger partial charge is 0.416 e. The molecule has 0 radical (unpaired) electrons. The van der Waals surface area contributed by atoms with Crippen molar-refractivity contribution in [2.75, 3.05) is 5.32 Å². The summed E-state index contributed by atoms with van der Waals surface area (Å²) >= 11 is 12.7. The summed E-state index contributed by atoms with van der Waals surface area (Å²) in [4.78, 5) is 12.0. The SMILES string of the molecule is O=C1Nc2cc(C(F)(F)F)ccc2SC(Cl)C1Cl. The molecule has 1 aromatic rings. The van der Waals surface area contributed by atoms with Gasteiger partial charge in [-0.25, -0.2) is 0 Å². The van der Waals surface area contributed by atoms with E-state index in [2.05, 4.69) is 5.32 Å². The summed E-state index contributed by atoms with van der Waals surface area (Å²) in [5, 5.41) is 1.34. The lowest BCUT2D eigenvalue weighted by atomic mass is 10.2. The van der Waals surface area contributed by atoms with Crippen LogP contribution in [0.5, 0.6) is 0 Å². The second-order valence-electron chi connectivity index (χ2n) is 3.57. The van der Waals surface area contributed by atoms with Crippen LogP contribution in [0.4, 0.5) is 18.9 Å². The van der Waals surface area contributed by atoms with Crippen LogP contribution >= 0.6 is 35.0 Å². The highest BCUT2D eigenvalue weighted by Crippen LogP contribution is 2.41. The first-order valence-electron chi connectivity index (χ1n) is 4.76. The van der Waals surface area contributed by atoms with Crippen LogP contribution in [0.1, 0.15) is 5.56 Å². The first-order chi connectivity index (χ1) is 8.29. The van der Waals surface area contributed by atoms with Crippen molar-refractivity contribution >= 4 is 46.6 Å². The first-order valence-corrected chi connectivity index (χ1v) is 6.51. The van der Waals surface area contributed by atoms with Crippen LogP contribution in [-0.2, 0) is 11.0 Å². The van der Waals surface area contributed by atoms with Crippen LogP contribution in [0.15, 0.2) is 23.1 Å². The Bertz CT molecular complexity index is 495. The van der Waals surface area contributed by atoms with Gasteiger partial charge in [0, 0.05) is 4.90 Å². The lowest BCUT2D eigenvalue weighted by molar-refractivity contribution is -0.137. The Morgan fingerprint density at radius 2 is 1.94 bits per heavy atom. The Morgan fingerprint density at radius 1 is 1.28 bits per heavy atom. The van der Waals surface area contributed by atoms with Crippen LogP contribution in [0.3, 0.4) is 0 Å². The molecular formula is C10H6Cl2F3NOS. The zero-order valence-electron chi connectivity index (χ0n) is 8.59. The van der Waals surface area contributed by atoms with Crippen LogP contribution in [-0.4, -0.2) is 16.0 Å². The molecule has 98 valence electrons. The molecule has 2 atom stereocenters. The molecule has 0 bridgehead atoms. The normalized spacial score (nSPS) is 24.2. The third kappa shape index (κ3) is 2.70. The molecular weight excluding hydrogens is 310 g/mol. The molecule has 0 aliphatic carbocycles. The molecule has 2 unspecified atom stereocenters. The minimum absolute atomic E-state index is 0.0774. The van der Waals surface area contributed by atoms with Crippen LogP contribution in [0.25, 0.3) is 0 Å². The third-order valence-electron chi connectivity index (χ3n) is 2.28. The van der Waals surface area contributed by atoms with E-state index in [-0.39, 0.29) is 5.69 Å². The smallest absolute Gasteiger partial charge is 0.324 e. The van der Waals surface area contributed by atoms with Crippen LogP contribution in [0.2, 0.25) is 0 Å². The summed E-state index contributed by atoms with van der Waals surface area (Å²) in [5.74, 6) is -0.609. The molecule has 1 heterocycles. The summed E-state index contributed by atoms with van der Waals surface area (Å²) in [6.07, 6.45) is -4.46. The summed E-state index contributed by atoms with van der Waals surface area (Å²) in [7, 11) is 0. The van der Waals surface area contributed by atoms with Crippen molar-refractivity contribution in [2.24, 2.45) is 0 Å². The van der Waals surface area contributed by atoms with Crippen molar-refractivity contribution in [2.45, 2.75) is 21.2 Å². The monoisotopic (exact) mass is 315 g/mol. The van der Waals surface area contributed by atoms with E-state index in [0.717, 1.165) is 23.9 Å². The second-order valence-corrected chi connectivity index (χ2v) is 5.95. The molecule has 0 saturated heterocycles. The molecule has 0 saturated carbocycles. The van der Waals surface area contributed by atoms with Gasteiger partial charge in [-0.15, -0.1) is 35.0 Å². The predicted octanol–water partition coefficient (Wildman–Crippen LogP) is 3.92. The molecule has 0 aromatic heterocycles. The molecule has 1 amide bonds. The van der Waals surface area contributed by atoms with Crippen molar-refractivity contribution in [3.05, 3.63) is 23.8 Å². The van der Waals surface area contributed by atoms with E-state index >= 15 is 0 Å². The molecule has 1 aliphatic rings. The quantitative estimate of drug-likeness (QED) is 0.735. The maximum atomic E-state index is 12.5. The standard InChI is InChI=1S/C10H6Cl2F3NOS/c11-7-8(12)18-6-2-1-4(10(13,14)15)3-5(6)16-9(7)17/h1-3,7-8H,(H,16,17). The van der Waals surface area contributed by atoms with Crippen LogP contribution in [0, 0.1) is 0 Å². The number of hydrogen-bond acceptors (Lipinski definition) is 2. The average Bonchev–Trinajstić information content (AvgIpc) is 2.37. The van der Waals surface area contributed by atoms with Gasteiger partial charge in [-0.05, 0) is 18.2 Å². The fourth-order valence-corrected chi connectivity index (χ4v) is 2.89. The molecule has 8 heteroatoms. The number of hydrogen-bond donors (Lipinski definition) is 1. The van der Waals surface area contributed by atoms with Gasteiger partial charge < -0.3 is 5.32 Å². The molecule has 1 aromatic carbocycles. The van der Waals surface area contributed by atoms with E-state index in [9.17, 15) is 18.0 Å². The molecule has 1 aliphatic heterocycles. The summed E-state index contributed by atoms with van der Waals surface area (Å²) < 4.78 is 36.9. The average molecular weight is 316 g/mol. The van der Waals surface area contributed by atoms with Gasteiger partial charge in [-0.2, -0.15) is 13.2 Å². The minimum atomic E-state index is -4.46. The zero-order chi connectivity index (χ0) is 13.5. The van der Waals surface area contributed by atoms with Gasteiger partial charge in [-0.1, -0.05) is 0 Å². The van der Waals surface area contributed by atoms with Crippen LogP contribution < -0.4 is 5.32 Å². The number of rotatable bonds is 0. The number of amides is 1. The van der Waals surface area contributed by atoms with Crippen molar-refractivity contribution in [3.8, 4) is 0 Å². The first kappa shape index (κ1) is 13.8. The Labute approximate surface area is 115 Å². The molecule has 2 rings (SSSR count). The third-order valence-corrected chi connectivity index (χ3v) is 4.64. The van der Waals surface area contributed by atoms with Crippen molar-refractivity contribution in [1.82, 2.24) is 0 Å². The van der Waals surface area contributed by atoms with E-state index in [0.29, 0.717) is 4.90 Å². The molecule has 18 heavy (non-hydrogen) atoms. The van der Waals surface area contributed by atoms with Gasteiger partial charge in [0.15, 0.2) is 0 Å². The highest BCUT2D eigenvalue weighted by atomic mass is 35.5. The summed E-state index contributed by atoms with van der Waals surface area (Å²) in [5.41, 5.74) is -0.755. The summed E-state index contributed by atoms with van der Waals surface area (Å²) in [6.45, 7) is 0. The van der Waals surface area contributed by atoms with Crippen molar-refractivity contribution in [3.63, 3.8) is 0 Å². The number of benzene rings is 1. The molecule has 2 nitrogen and oxygen atoms in total. The number of fused-ring (bicyclic) bond motifs is 1. The van der Waals surface area contributed by atoms with Crippen molar-refractivity contribution in [1.29, 1.82) is 0 Å². The van der Waals surface area contributed by atoms with Gasteiger partial charge in [0.1, 0.15) is 10.1 Å².